The number of fused-ring (bicyclic) bond motifs is 1. The minimum absolute atomic E-state index is 0.0857. The first kappa shape index (κ1) is 15.2. The Morgan fingerprint density at radius 2 is 2.09 bits per heavy atom. The Hall–Kier alpha value is -2.74. The third-order valence-corrected chi connectivity index (χ3v) is 3.85. The van der Waals surface area contributed by atoms with Gasteiger partial charge in [0.25, 0.3) is 5.91 Å². The normalized spacial score (nSPS) is 13.6. The number of hydrogen-bond donors (Lipinski definition) is 0. The smallest absolute Gasteiger partial charge is 0.254 e. The van der Waals surface area contributed by atoms with Gasteiger partial charge in [0.1, 0.15) is 5.82 Å². The van der Waals surface area contributed by atoms with E-state index in [4.69, 9.17) is 5.26 Å². The summed E-state index contributed by atoms with van der Waals surface area (Å²) in [5, 5.41) is 8.96. The van der Waals surface area contributed by atoms with Crippen molar-refractivity contribution in [2.24, 2.45) is 0 Å². The third-order valence-electron chi connectivity index (χ3n) is 3.85. The maximum absolute atomic E-state index is 12.6. The van der Waals surface area contributed by atoms with Gasteiger partial charge >= 0.3 is 0 Å². The molecule has 5 heteroatoms. The number of rotatable bonds is 1. The molecule has 1 aromatic heterocycles. The van der Waals surface area contributed by atoms with E-state index in [1.165, 1.54) is 0 Å². The van der Waals surface area contributed by atoms with Crippen LogP contribution in [-0.2, 0) is 18.5 Å². The molecular formula is C18H18N4O. The molecule has 1 aliphatic heterocycles. The van der Waals surface area contributed by atoms with E-state index in [0.29, 0.717) is 24.2 Å². The van der Waals surface area contributed by atoms with Crippen molar-refractivity contribution in [2.75, 3.05) is 0 Å². The zero-order valence-electron chi connectivity index (χ0n) is 13.5. The fourth-order valence-corrected chi connectivity index (χ4v) is 2.56. The second-order valence-corrected chi connectivity index (χ2v) is 6.77. The van der Waals surface area contributed by atoms with Crippen LogP contribution in [0.5, 0.6) is 0 Å². The number of nitriles is 1. The predicted molar refractivity (Wildman–Crippen MR) is 85.5 cm³/mol. The molecule has 0 bridgehead atoms. The largest absolute Gasteiger partial charge is 0.328 e. The van der Waals surface area contributed by atoms with E-state index in [1.807, 2.05) is 6.20 Å². The number of aromatic nitrogens is 2. The summed E-state index contributed by atoms with van der Waals surface area (Å²) in [4.78, 5) is 23.4. The van der Waals surface area contributed by atoms with Crippen molar-refractivity contribution in [1.82, 2.24) is 14.9 Å². The molecule has 1 amide bonds. The summed E-state index contributed by atoms with van der Waals surface area (Å²) < 4.78 is 0. The van der Waals surface area contributed by atoms with Crippen molar-refractivity contribution in [3.8, 4) is 6.07 Å². The highest BCUT2D eigenvalue weighted by Gasteiger charge is 2.28. The molecule has 0 radical (unpaired) electrons. The van der Waals surface area contributed by atoms with Gasteiger partial charge in [-0.3, -0.25) is 4.79 Å². The fourth-order valence-electron chi connectivity index (χ4n) is 2.56. The van der Waals surface area contributed by atoms with Gasteiger partial charge in [0.15, 0.2) is 0 Å². The van der Waals surface area contributed by atoms with Gasteiger partial charge in [0.2, 0.25) is 0 Å². The zero-order valence-corrected chi connectivity index (χ0v) is 13.5. The van der Waals surface area contributed by atoms with Gasteiger partial charge in [-0.25, -0.2) is 9.97 Å². The summed E-state index contributed by atoms with van der Waals surface area (Å²) in [6.07, 6.45) is 1.82. The zero-order chi connectivity index (χ0) is 16.6. The second-order valence-electron chi connectivity index (χ2n) is 6.77. The summed E-state index contributed by atoms with van der Waals surface area (Å²) in [7, 11) is 0. The van der Waals surface area contributed by atoms with Gasteiger partial charge in [0, 0.05) is 29.3 Å². The Bertz CT molecular complexity index is 815. The van der Waals surface area contributed by atoms with Crippen molar-refractivity contribution in [2.45, 2.75) is 39.3 Å². The Balaban J connectivity index is 1.84. The number of carbonyl (C=O) groups is 1. The Morgan fingerprint density at radius 1 is 1.30 bits per heavy atom. The van der Waals surface area contributed by atoms with Crippen LogP contribution < -0.4 is 0 Å². The standard InChI is InChI=1S/C18H18N4O/c1-18(2,3)17-20-9-14-10-22(11-15(14)21-17)16(23)13-6-4-5-12(7-13)8-19/h4-7,9H,10-11H2,1-3H3. The highest BCUT2D eigenvalue weighted by Crippen LogP contribution is 2.25. The third kappa shape index (κ3) is 2.93. The lowest BCUT2D eigenvalue weighted by atomic mass is 9.95. The molecule has 0 atom stereocenters. The Kier molecular flexibility index (Phi) is 3.61. The molecular weight excluding hydrogens is 288 g/mol. The first-order valence-corrected chi connectivity index (χ1v) is 7.53. The van der Waals surface area contributed by atoms with Crippen LogP contribution in [0.25, 0.3) is 0 Å². The lowest BCUT2D eigenvalue weighted by molar-refractivity contribution is 0.0750. The van der Waals surface area contributed by atoms with Crippen LogP contribution in [0.2, 0.25) is 0 Å². The number of benzene rings is 1. The molecule has 2 heterocycles. The van der Waals surface area contributed by atoms with Gasteiger partial charge in [-0.1, -0.05) is 26.8 Å². The van der Waals surface area contributed by atoms with E-state index < -0.39 is 0 Å². The first-order chi connectivity index (χ1) is 10.9. The average Bonchev–Trinajstić information content (AvgIpc) is 2.96. The topological polar surface area (TPSA) is 69.9 Å². The maximum atomic E-state index is 12.6. The van der Waals surface area contributed by atoms with Crippen LogP contribution >= 0.6 is 0 Å². The maximum Gasteiger partial charge on any atom is 0.254 e. The SMILES string of the molecule is CC(C)(C)c1ncc2c(n1)CN(C(=O)c1cccc(C#N)c1)C2. The number of carbonyl (C=O) groups excluding carboxylic acids is 1. The van der Waals surface area contributed by atoms with Crippen LogP contribution in [0.3, 0.4) is 0 Å². The Labute approximate surface area is 135 Å². The molecule has 1 aliphatic rings. The van der Waals surface area contributed by atoms with E-state index in [-0.39, 0.29) is 11.3 Å². The molecule has 3 rings (SSSR count). The van der Waals surface area contributed by atoms with Crippen LogP contribution in [0.15, 0.2) is 30.5 Å². The van der Waals surface area contributed by atoms with Crippen LogP contribution in [-0.4, -0.2) is 20.8 Å². The van der Waals surface area contributed by atoms with Gasteiger partial charge in [-0.15, -0.1) is 0 Å². The molecule has 0 saturated carbocycles. The number of amides is 1. The average molecular weight is 306 g/mol. The molecule has 0 aliphatic carbocycles. The quantitative estimate of drug-likeness (QED) is 0.812. The molecule has 0 spiro atoms. The summed E-state index contributed by atoms with van der Waals surface area (Å²) in [5.74, 6) is 0.703. The molecule has 0 fully saturated rings. The number of hydrogen-bond acceptors (Lipinski definition) is 4. The number of nitrogens with zero attached hydrogens (tertiary/aromatic N) is 4. The highest BCUT2D eigenvalue weighted by atomic mass is 16.2. The second kappa shape index (κ2) is 5.47. The van der Waals surface area contributed by atoms with Crippen molar-refractivity contribution in [3.05, 3.63) is 58.7 Å². The van der Waals surface area contributed by atoms with Crippen molar-refractivity contribution >= 4 is 5.91 Å². The van der Waals surface area contributed by atoms with E-state index in [9.17, 15) is 4.79 Å². The molecule has 23 heavy (non-hydrogen) atoms. The van der Waals surface area contributed by atoms with Gasteiger partial charge in [-0.2, -0.15) is 5.26 Å². The molecule has 0 unspecified atom stereocenters. The highest BCUT2D eigenvalue weighted by molar-refractivity contribution is 5.94. The fraction of sp³-hybridized carbons (Fsp3) is 0.333. The van der Waals surface area contributed by atoms with Gasteiger partial charge < -0.3 is 4.90 Å². The van der Waals surface area contributed by atoms with E-state index >= 15 is 0 Å². The van der Waals surface area contributed by atoms with Crippen LogP contribution in [0.4, 0.5) is 0 Å². The minimum atomic E-state index is -0.117. The molecule has 2 aromatic rings. The molecule has 0 N–H and O–H groups in total. The van der Waals surface area contributed by atoms with Crippen LogP contribution in [0, 0.1) is 11.3 Å². The lowest BCUT2D eigenvalue weighted by Crippen LogP contribution is -2.25. The van der Waals surface area contributed by atoms with E-state index in [2.05, 4.69) is 36.8 Å². The van der Waals surface area contributed by atoms with Crippen molar-refractivity contribution < 1.29 is 4.79 Å². The lowest BCUT2D eigenvalue weighted by Gasteiger charge is -2.16. The minimum Gasteiger partial charge on any atom is -0.328 e. The molecule has 0 saturated heterocycles. The van der Waals surface area contributed by atoms with Gasteiger partial charge in [-0.05, 0) is 18.2 Å². The predicted octanol–water partition coefficient (Wildman–Crippen LogP) is 2.80. The van der Waals surface area contributed by atoms with E-state index in [0.717, 1.165) is 17.1 Å². The molecule has 116 valence electrons. The molecule has 1 aromatic carbocycles. The summed E-state index contributed by atoms with van der Waals surface area (Å²) in [6, 6.07) is 8.84. The summed E-state index contributed by atoms with van der Waals surface area (Å²) in [6.45, 7) is 7.20. The summed E-state index contributed by atoms with van der Waals surface area (Å²) in [5.41, 5.74) is 2.80. The first-order valence-electron chi connectivity index (χ1n) is 7.53. The Morgan fingerprint density at radius 3 is 2.78 bits per heavy atom. The van der Waals surface area contributed by atoms with E-state index in [1.54, 1.807) is 29.2 Å². The molecule has 5 nitrogen and oxygen atoms in total. The van der Waals surface area contributed by atoms with Crippen LogP contribution in [0.1, 0.15) is 53.8 Å². The monoisotopic (exact) mass is 306 g/mol. The summed E-state index contributed by atoms with van der Waals surface area (Å²) >= 11 is 0. The van der Waals surface area contributed by atoms with Crippen molar-refractivity contribution in [1.29, 1.82) is 5.26 Å². The van der Waals surface area contributed by atoms with Gasteiger partial charge in [0.05, 0.1) is 23.9 Å². The van der Waals surface area contributed by atoms with Crippen molar-refractivity contribution in [3.63, 3.8) is 0 Å².